The van der Waals surface area contributed by atoms with Crippen LogP contribution in [0.5, 0.6) is 0 Å². The summed E-state index contributed by atoms with van der Waals surface area (Å²) in [5, 5.41) is 16.0. The molecule has 2 aromatic rings. The number of thiophene rings is 1. The van der Waals surface area contributed by atoms with Crippen LogP contribution in [-0.4, -0.2) is 50.9 Å². The molecule has 2 unspecified atom stereocenters. The molecule has 3 saturated carbocycles. The van der Waals surface area contributed by atoms with Crippen LogP contribution in [0.2, 0.25) is 0 Å². The van der Waals surface area contributed by atoms with Gasteiger partial charge in [-0.3, -0.25) is 4.79 Å². The normalized spacial score (nSPS) is 27.2. The Morgan fingerprint density at radius 3 is 2.55 bits per heavy atom. The van der Waals surface area contributed by atoms with Crippen molar-refractivity contribution in [3.63, 3.8) is 0 Å². The van der Waals surface area contributed by atoms with Crippen LogP contribution in [0.3, 0.4) is 0 Å². The molecule has 2 bridgehead atoms. The van der Waals surface area contributed by atoms with E-state index in [0.717, 1.165) is 55.4 Å². The zero-order valence-electron chi connectivity index (χ0n) is 21.2. The molecule has 0 saturated heterocycles. The summed E-state index contributed by atoms with van der Waals surface area (Å²) in [6.07, 6.45) is 4.31. The molecule has 3 N–H and O–H groups in total. The van der Waals surface area contributed by atoms with Crippen molar-refractivity contribution in [3.8, 4) is 0 Å². The number of halogens is 2. The number of amidine groups is 1. The second kappa shape index (κ2) is 9.60. The van der Waals surface area contributed by atoms with Crippen molar-refractivity contribution in [1.29, 1.82) is 0 Å². The van der Waals surface area contributed by atoms with Gasteiger partial charge in [0.1, 0.15) is 32.9 Å². The zero-order valence-corrected chi connectivity index (χ0v) is 23.7. The number of carbonyl (C=O) groups is 1. The van der Waals surface area contributed by atoms with E-state index in [1.165, 1.54) is 16.3 Å². The van der Waals surface area contributed by atoms with Crippen LogP contribution < -0.4 is 10.0 Å². The molecule has 2 aliphatic heterocycles. The summed E-state index contributed by atoms with van der Waals surface area (Å²) in [7, 11) is -7.98. The van der Waals surface area contributed by atoms with Crippen molar-refractivity contribution < 1.29 is 35.5 Å². The summed E-state index contributed by atoms with van der Waals surface area (Å²) in [5.41, 5.74) is -0.00729. The highest BCUT2D eigenvalue weighted by Gasteiger charge is 2.54. The Kier molecular flexibility index (Phi) is 6.55. The van der Waals surface area contributed by atoms with E-state index < -0.39 is 49.5 Å². The minimum Gasteiger partial charge on any atom is -0.511 e. The average Bonchev–Trinajstić information content (AvgIpc) is 3.30. The molecule has 2 atom stereocenters. The summed E-state index contributed by atoms with van der Waals surface area (Å²) in [6, 6.07) is 2.71. The van der Waals surface area contributed by atoms with Gasteiger partial charge in [-0.1, -0.05) is 6.07 Å². The largest absolute Gasteiger partial charge is 0.511 e. The number of aliphatic hydroxyl groups is 1. The summed E-state index contributed by atoms with van der Waals surface area (Å²) < 4.78 is 84.0. The molecule has 1 amide bonds. The number of nitrogens with zero attached hydrogens (tertiary/aromatic N) is 2. The van der Waals surface area contributed by atoms with Crippen LogP contribution in [0.4, 0.5) is 13.8 Å². The van der Waals surface area contributed by atoms with E-state index in [2.05, 4.69) is 14.4 Å². The summed E-state index contributed by atoms with van der Waals surface area (Å²) >= 11 is 0.997. The van der Waals surface area contributed by atoms with Gasteiger partial charge in [-0.05, 0) is 49.0 Å². The van der Waals surface area contributed by atoms with E-state index in [0.29, 0.717) is 0 Å². The maximum absolute atomic E-state index is 14.7. The second-order valence-electron chi connectivity index (χ2n) is 10.7. The van der Waals surface area contributed by atoms with E-state index in [4.69, 9.17) is 0 Å². The molecule has 0 radical (unpaired) electrons. The molecule has 214 valence electrons. The number of benzene rings is 1. The van der Waals surface area contributed by atoms with E-state index >= 15 is 0 Å². The molecular formula is C25H26F2N4O6S3. The SMILES string of the molecule is CS(=O)(=O)NCc1csc2c1S(=O)(=O)N=C(C1=C(O)C3C4CCC(CC4)C3N(Cc3ccc(F)cc3F)C1=O)N2. The predicted molar refractivity (Wildman–Crippen MR) is 144 cm³/mol. The van der Waals surface area contributed by atoms with Crippen molar-refractivity contribution in [2.45, 2.75) is 49.7 Å². The molecule has 5 aliphatic rings. The van der Waals surface area contributed by atoms with Gasteiger partial charge in [-0.25, -0.2) is 21.9 Å². The number of amides is 1. The van der Waals surface area contributed by atoms with Crippen molar-refractivity contribution in [3.05, 3.63) is 57.7 Å². The van der Waals surface area contributed by atoms with Crippen molar-refractivity contribution in [2.24, 2.45) is 22.2 Å². The molecule has 3 heterocycles. The van der Waals surface area contributed by atoms with Gasteiger partial charge >= 0.3 is 0 Å². The van der Waals surface area contributed by atoms with Gasteiger partial charge in [0.05, 0.1) is 6.26 Å². The van der Waals surface area contributed by atoms with Gasteiger partial charge in [-0.2, -0.15) is 8.42 Å². The minimum atomic E-state index is -4.39. The maximum atomic E-state index is 14.7. The third-order valence-corrected chi connectivity index (χ3v) is 11.4. The fraction of sp³-hybridized carbons (Fsp3) is 0.440. The molecule has 1 aromatic heterocycles. The molecule has 3 fully saturated rings. The van der Waals surface area contributed by atoms with Gasteiger partial charge in [0.15, 0.2) is 5.84 Å². The molecule has 7 rings (SSSR count). The highest BCUT2D eigenvalue weighted by molar-refractivity contribution is 7.91. The first-order valence-corrected chi connectivity index (χ1v) is 16.9. The van der Waals surface area contributed by atoms with Crippen LogP contribution in [0.1, 0.15) is 36.8 Å². The van der Waals surface area contributed by atoms with Crippen LogP contribution in [0.15, 0.2) is 44.2 Å². The Hall–Kier alpha value is -2.88. The van der Waals surface area contributed by atoms with Gasteiger partial charge < -0.3 is 15.3 Å². The average molecular weight is 613 g/mol. The molecule has 40 heavy (non-hydrogen) atoms. The molecule has 0 spiro atoms. The monoisotopic (exact) mass is 612 g/mol. The number of anilines is 1. The van der Waals surface area contributed by atoms with Gasteiger partial charge in [0.2, 0.25) is 10.0 Å². The number of aliphatic hydroxyl groups excluding tert-OH is 1. The Morgan fingerprint density at radius 1 is 1.18 bits per heavy atom. The smallest absolute Gasteiger partial charge is 0.287 e. The van der Waals surface area contributed by atoms with E-state index in [9.17, 15) is 35.5 Å². The number of nitrogens with one attached hydrogen (secondary N) is 2. The van der Waals surface area contributed by atoms with Gasteiger partial charge in [0, 0.05) is 42.2 Å². The summed E-state index contributed by atoms with van der Waals surface area (Å²) in [6.45, 7) is -0.454. The van der Waals surface area contributed by atoms with E-state index in [1.54, 1.807) is 0 Å². The number of fused-ring (bicyclic) bond motifs is 3. The van der Waals surface area contributed by atoms with Crippen molar-refractivity contribution in [1.82, 2.24) is 9.62 Å². The van der Waals surface area contributed by atoms with Gasteiger partial charge in [0.25, 0.3) is 15.9 Å². The second-order valence-corrected chi connectivity index (χ2v) is 14.9. The van der Waals surface area contributed by atoms with E-state index in [1.807, 2.05) is 0 Å². The topological polar surface area (TPSA) is 145 Å². The first-order chi connectivity index (χ1) is 18.8. The highest BCUT2D eigenvalue weighted by atomic mass is 32.2. The summed E-state index contributed by atoms with van der Waals surface area (Å²) in [5.74, 6) is -3.19. The van der Waals surface area contributed by atoms with Crippen LogP contribution in [0, 0.1) is 29.4 Å². The fourth-order valence-electron chi connectivity index (χ4n) is 6.53. The lowest BCUT2D eigenvalue weighted by atomic mass is 9.59. The minimum absolute atomic E-state index is 0.0467. The molecule has 3 aliphatic carbocycles. The first-order valence-electron chi connectivity index (χ1n) is 12.7. The fourth-order valence-corrected chi connectivity index (χ4v) is 9.55. The molecule has 15 heteroatoms. The lowest BCUT2D eigenvalue weighted by Gasteiger charge is -2.54. The third-order valence-electron chi connectivity index (χ3n) is 8.22. The standard InChI is InChI=1S/C25H26F2N4O6S3/c1-39(34,35)28-9-15-11-38-24-22(15)40(36,37)30-23(29-24)19-21(32)18-12-2-4-13(5-3-12)20(18)31(25(19)33)10-14-6-7-16(26)8-17(14)27/h6-8,11-13,18,20,28,32H,2-5,9-10H2,1H3,(H,29,30). The number of rotatable bonds is 6. The zero-order chi connectivity index (χ0) is 28.6. The molecule has 1 aromatic carbocycles. The number of hydrogen-bond acceptors (Lipinski definition) is 8. The number of hydrogen-bond donors (Lipinski definition) is 3. The Labute approximate surface area is 233 Å². The van der Waals surface area contributed by atoms with E-state index in [-0.39, 0.29) is 63.1 Å². The third kappa shape index (κ3) is 4.62. The number of sulfonamides is 2. The lowest BCUT2D eigenvalue weighted by molar-refractivity contribution is -0.140. The van der Waals surface area contributed by atoms with Crippen LogP contribution >= 0.6 is 11.3 Å². The summed E-state index contributed by atoms with van der Waals surface area (Å²) in [4.78, 5) is 15.3. The quantitative estimate of drug-likeness (QED) is 0.454. The number of carbonyl (C=O) groups excluding carboxylic acids is 1. The molecule has 10 nitrogen and oxygen atoms in total. The maximum Gasteiger partial charge on any atom is 0.287 e. The Balaban J connectivity index is 1.41. The molecular weight excluding hydrogens is 586 g/mol. The van der Waals surface area contributed by atoms with Crippen molar-refractivity contribution >= 4 is 48.1 Å². The first kappa shape index (κ1) is 27.3. The Bertz CT molecular complexity index is 1690. The van der Waals surface area contributed by atoms with Gasteiger partial charge in [-0.15, -0.1) is 15.7 Å². The van der Waals surface area contributed by atoms with Crippen LogP contribution in [0.25, 0.3) is 0 Å². The lowest BCUT2D eigenvalue weighted by Crippen LogP contribution is -2.60. The Morgan fingerprint density at radius 2 is 1.88 bits per heavy atom. The van der Waals surface area contributed by atoms with Crippen molar-refractivity contribution in [2.75, 3.05) is 11.6 Å². The predicted octanol–water partition coefficient (Wildman–Crippen LogP) is 3.25. The van der Waals surface area contributed by atoms with Crippen LogP contribution in [-0.2, 0) is 37.9 Å². The highest BCUT2D eigenvalue weighted by Crippen LogP contribution is 2.52.